The monoisotopic (exact) mass is 383 g/mol. The van der Waals surface area contributed by atoms with Crippen molar-refractivity contribution in [1.29, 1.82) is 0 Å². The van der Waals surface area contributed by atoms with E-state index < -0.39 is 0 Å². The normalized spacial score (nSPS) is 16.2. The Balaban J connectivity index is 1.58. The number of hydrogen-bond acceptors (Lipinski definition) is 5. The first kappa shape index (κ1) is 18.0. The molecule has 0 saturated carbocycles. The van der Waals surface area contributed by atoms with Gasteiger partial charge in [0.15, 0.2) is 11.5 Å². The Labute approximate surface area is 161 Å². The average Bonchev–Trinajstić information content (AvgIpc) is 3.23. The summed E-state index contributed by atoms with van der Waals surface area (Å²) in [5.74, 6) is 0.0610. The summed E-state index contributed by atoms with van der Waals surface area (Å²) < 4.78 is 16.6. The molecule has 0 radical (unpaired) electrons. The van der Waals surface area contributed by atoms with E-state index in [1.165, 1.54) is 6.08 Å². The third-order valence-corrected chi connectivity index (χ3v) is 5.93. The first-order chi connectivity index (χ1) is 13.0. The molecular weight excluding hydrogens is 361 g/mol. The van der Waals surface area contributed by atoms with Gasteiger partial charge in [-0.1, -0.05) is 6.58 Å². The highest BCUT2D eigenvalue weighted by Crippen LogP contribution is 2.34. The molecule has 0 unspecified atom stereocenters. The fourth-order valence-corrected chi connectivity index (χ4v) is 4.44. The van der Waals surface area contributed by atoms with Crippen molar-refractivity contribution in [3.63, 3.8) is 0 Å². The number of piperidine rings is 1. The quantitative estimate of drug-likeness (QED) is 0.683. The Morgan fingerprint density at radius 3 is 2.85 bits per heavy atom. The zero-order valence-electron chi connectivity index (χ0n) is 15.5. The van der Waals surface area contributed by atoms with E-state index in [1.807, 2.05) is 32.2 Å². The number of halogens is 1. The molecule has 1 fully saturated rings. The van der Waals surface area contributed by atoms with Gasteiger partial charge >= 0.3 is 0 Å². The van der Waals surface area contributed by atoms with Crippen molar-refractivity contribution in [2.24, 2.45) is 0 Å². The van der Waals surface area contributed by atoms with Crippen LogP contribution in [0.1, 0.15) is 45.7 Å². The molecule has 0 aromatic carbocycles. The molecule has 3 aromatic rings. The van der Waals surface area contributed by atoms with Gasteiger partial charge in [0.1, 0.15) is 5.69 Å². The van der Waals surface area contributed by atoms with Gasteiger partial charge in [0, 0.05) is 10.8 Å². The topological polar surface area (TPSA) is 55.1 Å². The second-order valence-electron chi connectivity index (χ2n) is 6.90. The first-order valence-corrected chi connectivity index (χ1v) is 9.91. The van der Waals surface area contributed by atoms with Crippen LogP contribution in [0.5, 0.6) is 0 Å². The van der Waals surface area contributed by atoms with Gasteiger partial charge in [-0.15, -0.1) is 11.3 Å². The van der Waals surface area contributed by atoms with Gasteiger partial charge < -0.3 is 5.32 Å². The third kappa shape index (κ3) is 3.70. The average molecular weight is 383 g/mol. The minimum atomic E-state index is -0.363. The zero-order valence-corrected chi connectivity index (χ0v) is 16.3. The Hall–Kier alpha value is -2.38. The number of fused-ring (bicyclic) bond motifs is 1. The van der Waals surface area contributed by atoms with Crippen molar-refractivity contribution in [2.75, 3.05) is 13.1 Å². The van der Waals surface area contributed by atoms with Crippen LogP contribution in [-0.2, 0) is 0 Å². The van der Waals surface area contributed by atoms with Crippen LogP contribution in [0.3, 0.4) is 0 Å². The van der Waals surface area contributed by atoms with Crippen LogP contribution >= 0.6 is 11.3 Å². The molecule has 1 saturated heterocycles. The standard InChI is InChI=1S/C20H22FN5S/c1-12(17-4-5-18-23-13(2)11-26(18)25-17)10-16(21)19-14(3)27-20(24-19)15-6-8-22-9-7-15/h4-5,10-11,15,22H,1,6-9H2,2-3H3/b16-10+. The molecule has 4 rings (SSSR count). The number of allylic oxidation sites excluding steroid dienone is 2. The maximum Gasteiger partial charge on any atom is 0.153 e. The molecule has 140 valence electrons. The number of rotatable bonds is 4. The molecule has 0 aliphatic carbocycles. The molecular formula is C20H22FN5S. The Morgan fingerprint density at radius 2 is 2.07 bits per heavy atom. The summed E-state index contributed by atoms with van der Waals surface area (Å²) in [6.45, 7) is 9.81. The van der Waals surface area contributed by atoms with Gasteiger partial charge in [-0.2, -0.15) is 5.10 Å². The summed E-state index contributed by atoms with van der Waals surface area (Å²) >= 11 is 1.60. The lowest BCUT2D eigenvalue weighted by Gasteiger charge is -2.20. The molecule has 0 amide bonds. The second kappa shape index (κ2) is 7.32. The van der Waals surface area contributed by atoms with Crippen molar-refractivity contribution < 1.29 is 4.39 Å². The molecule has 1 N–H and O–H groups in total. The van der Waals surface area contributed by atoms with Gasteiger partial charge in [0.25, 0.3) is 0 Å². The Bertz CT molecular complexity index is 1030. The summed E-state index contributed by atoms with van der Waals surface area (Å²) in [5, 5.41) is 8.85. The van der Waals surface area contributed by atoms with E-state index in [2.05, 4.69) is 27.0 Å². The lowest BCUT2D eigenvalue weighted by Crippen LogP contribution is -2.26. The van der Waals surface area contributed by atoms with Crippen LogP contribution in [0.15, 0.2) is 31.0 Å². The second-order valence-corrected chi connectivity index (χ2v) is 8.14. The highest BCUT2D eigenvalue weighted by molar-refractivity contribution is 7.11. The summed E-state index contributed by atoms with van der Waals surface area (Å²) in [7, 11) is 0. The summed E-state index contributed by atoms with van der Waals surface area (Å²) in [4.78, 5) is 9.85. The van der Waals surface area contributed by atoms with Gasteiger partial charge in [-0.25, -0.2) is 18.9 Å². The van der Waals surface area contributed by atoms with Crippen LogP contribution in [0, 0.1) is 13.8 Å². The maximum absolute atomic E-state index is 14.9. The lowest BCUT2D eigenvalue weighted by atomic mass is 9.99. The largest absolute Gasteiger partial charge is 0.317 e. The van der Waals surface area contributed by atoms with Crippen LogP contribution < -0.4 is 5.32 Å². The van der Waals surface area contributed by atoms with Gasteiger partial charge in [-0.05, 0) is 63.6 Å². The molecule has 1 aliphatic heterocycles. The van der Waals surface area contributed by atoms with E-state index in [-0.39, 0.29) is 5.83 Å². The van der Waals surface area contributed by atoms with Gasteiger partial charge in [-0.3, -0.25) is 0 Å². The van der Waals surface area contributed by atoms with Crippen molar-refractivity contribution in [3.8, 4) is 0 Å². The van der Waals surface area contributed by atoms with E-state index >= 15 is 0 Å². The minimum Gasteiger partial charge on any atom is -0.317 e. The third-order valence-electron chi connectivity index (χ3n) is 4.80. The number of aryl methyl sites for hydroxylation is 2. The van der Waals surface area contributed by atoms with Crippen LogP contribution in [0.4, 0.5) is 4.39 Å². The molecule has 3 aromatic heterocycles. The van der Waals surface area contributed by atoms with Crippen molar-refractivity contribution in [3.05, 3.63) is 58.0 Å². The molecule has 5 nitrogen and oxygen atoms in total. The zero-order chi connectivity index (χ0) is 19.0. The molecule has 7 heteroatoms. The van der Waals surface area contributed by atoms with Crippen molar-refractivity contribution >= 4 is 28.4 Å². The number of nitrogens with one attached hydrogen (secondary N) is 1. The highest BCUT2D eigenvalue weighted by atomic mass is 32.1. The number of nitrogens with zero attached hydrogens (tertiary/aromatic N) is 4. The van der Waals surface area contributed by atoms with E-state index in [0.29, 0.717) is 22.9 Å². The summed E-state index contributed by atoms with van der Waals surface area (Å²) in [6.07, 6.45) is 5.37. The SMILES string of the molecule is C=C(/C=C(/F)c1nc(C2CCNCC2)sc1C)c1ccc2nc(C)cn2n1. The smallest absolute Gasteiger partial charge is 0.153 e. The fourth-order valence-electron chi connectivity index (χ4n) is 3.35. The van der Waals surface area contributed by atoms with Crippen molar-refractivity contribution in [1.82, 2.24) is 24.9 Å². The molecule has 27 heavy (non-hydrogen) atoms. The molecule has 1 aliphatic rings. The van der Waals surface area contributed by atoms with E-state index in [9.17, 15) is 4.39 Å². The van der Waals surface area contributed by atoms with Crippen LogP contribution in [-0.4, -0.2) is 32.7 Å². The van der Waals surface area contributed by atoms with Gasteiger partial charge in [0.05, 0.1) is 22.6 Å². The first-order valence-electron chi connectivity index (χ1n) is 9.09. The lowest BCUT2D eigenvalue weighted by molar-refractivity contribution is 0.459. The van der Waals surface area contributed by atoms with E-state index in [1.54, 1.807) is 15.9 Å². The fraction of sp³-hybridized carbons (Fsp3) is 0.350. The highest BCUT2D eigenvalue weighted by Gasteiger charge is 2.21. The maximum atomic E-state index is 14.9. The molecule has 4 heterocycles. The van der Waals surface area contributed by atoms with Crippen LogP contribution in [0.25, 0.3) is 17.0 Å². The molecule has 0 spiro atoms. The minimum absolute atomic E-state index is 0.363. The number of imidazole rings is 1. The predicted octanol–water partition coefficient (Wildman–Crippen LogP) is 4.29. The van der Waals surface area contributed by atoms with Crippen LogP contribution in [0.2, 0.25) is 0 Å². The van der Waals surface area contributed by atoms with E-state index in [0.717, 1.165) is 47.2 Å². The van der Waals surface area contributed by atoms with Crippen molar-refractivity contribution in [2.45, 2.75) is 32.6 Å². The Kier molecular flexibility index (Phi) is 4.88. The summed E-state index contributed by atoms with van der Waals surface area (Å²) in [5.41, 5.74) is 3.19. The molecule has 0 bridgehead atoms. The Morgan fingerprint density at radius 1 is 1.30 bits per heavy atom. The number of thiazole rings is 1. The summed E-state index contributed by atoms with van der Waals surface area (Å²) in [6, 6.07) is 3.66. The number of hydrogen-bond donors (Lipinski definition) is 1. The van der Waals surface area contributed by atoms with Gasteiger partial charge in [0.2, 0.25) is 0 Å². The van der Waals surface area contributed by atoms with E-state index in [4.69, 9.17) is 0 Å². The molecule has 0 atom stereocenters. The number of aromatic nitrogens is 4. The predicted molar refractivity (Wildman–Crippen MR) is 108 cm³/mol.